The van der Waals surface area contributed by atoms with Crippen LogP contribution in [0.3, 0.4) is 0 Å². The second-order valence-electron chi connectivity index (χ2n) is 3.43. The van der Waals surface area contributed by atoms with Crippen LogP contribution < -0.4 is 0 Å². The second-order valence-corrected chi connectivity index (χ2v) is 3.84. The van der Waals surface area contributed by atoms with Gasteiger partial charge in [0.25, 0.3) is 0 Å². The summed E-state index contributed by atoms with van der Waals surface area (Å²) in [6, 6.07) is 7.84. The number of benzene rings is 1. The number of halogens is 1. The van der Waals surface area contributed by atoms with Gasteiger partial charge in [0.1, 0.15) is 6.29 Å². The molecule has 0 saturated heterocycles. The average Bonchev–Trinajstić information content (AvgIpc) is 2.57. The highest BCUT2D eigenvalue weighted by atomic mass is 35.5. The van der Waals surface area contributed by atoms with Crippen molar-refractivity contribution in [2.45, 2.75) is 19.9 Å². The van der Waals surface area contributed by atoms with E-state index in [2.05, 4.69) is 11.5 Å². The van der Waals surface area contributed by atoms with Crippen LogP contribution in [-0.2, 0) is 17.8 Å². The normalized spacial score (nSPS) is 10.8. The van der Waals surface area contributed by atoms with E-state index in [1.807, 2.05) is 24.3 Å². The van der Waals surface area contributed by atoms with Gasteiger partial charge >= 0.3 is 0 Å². The van der Waals surface area contributed by atoms with E-state index in [0.717, 1.165) is 34.5 Å². The van der Waals surface area contributed by atoms with Gasteiger partial charge in [-0.2, -0.15) is 0 Å². The molecule has 1 heterocycles. The summed E-state index contributed by atoms with van der Waals surface area (Å²) in [6.07, 6.45) is 1.37. The molecule has 1 aromatic carbocycles. The Bertz CT molecular complexity index is 502. The van der Waals surface area contributed by atoms with Crippen LogP contribution in [0.1, 0.15) is 12.6 Å². The monoisotopic (exact) mass is 221 g/mol. The maximum atomic E-state index is 10.6. The fraction of sp³-hybridized carbons (Fsp3) is 0.250. The molecule has 0 unspecified atom stereocenters. The number of nitrogens with zero attached hydrogens (tertiary/aromatic N) is 1. The zero-order valence-corrected chi connectivity index (χ0v) is 9.29. The van der Waals surface area contributed by atoms with Crippen molar-refractivity contribution in [2.24, 2.45) is 0 Å². The molecule has 15 heavy (non-hydrogen) atoms. The molecule has 0 fully saturated rings. The summed E-state index contributed by atoms with van der Waals surface area (Å²) in [4.78, 5) is 10.6. The summed E-state index contributed by atoms with van der Waals surface area (Å²) >= 11 is 6.15. The van der Waals surface area contributed by atoms with Crippen molar-refractivity contribution < 1.29 is 4.79 Å². The molecule has 0 atom stereocenters. The van der Waals surface area contributed by atoms with Gasteiger partial charge < -0.3 is 9.36 Å². The maximum Gasteiger partial charge on any atom is 0.125 e. The van der Waals surface area contributed by atoms with Crippen molar-refractivity contribution in [3.05, 3.63) is 35.0 Å². The first-order chi connectivity index (χ1) is 7.27. The van der Waals surface area contributed by atoms with Crippen LogP contribution in [0.15, 0.2) is 24.3 Å². The van der Waals surface area contributed by atoms with Crippen molar-refractivity contribution in [3.8, 4) is 0 Å². The van der Waals surface area contributed by atoms with Crippen molar-refractivity contribution >= 4 is 28.8 Å². The molecule has 0 aliphatic heterocycles. The molecule has 2 rings (SSSR count). The van der Waals surface area contributed by atoms with Gasteiger partial charge in [-0.15, -0.1) is 0 Å². The lowest BCUT2D eigenvalue weighted by molar-refractivity contribution is -0.107. The molecule has 1 aromatic heterocycles. The Kier molecular flexibility index (Phi) is 2.78. The van der Waals surface area contributed by atoms with Crippen molar-refractivity contribution in [1.82, 2.24) is 4.57 Å². The van der Waals surface area contributed by atoms with E-state index in [4.69, 9.17) is 11.6 Å². The standard InChI is InChI=1S/C12H12ClNO/c1-2-14-10(6-7-15)8-9-4-3-5-11(13)12(9)14/h3-5,7-8H,2,6H2,1H3. The molecule has 2 nitrogen and oxygen atoms in total. The Labute approximate surface area is 93.5 Å². The van der Waals surface area contributed by atoms with Crippen LogP contribution in [0.5, 0.6) is 0 Å². The number of para-hydroxylation sites is 1. The van der Waals surface area contributed by atoms with Crippen LogP contribution in [0.2, 0.25) is 5.02 Å². The third-order valence-corrected chi connectivity index (χ3v) is 2.87. The molecule has 0 bridgehead atoms. The molecular formula is C12H12ClNO. The Balaban J connectivity index is 2.73. The number of aryl methyl sites for hydroxylation is 1. The fourth-order valence-corrected chi connectivity index (χ4v) is 2.23. The summed E-state index contributed by atoms with van der Waals surface area (Å²) in [7, 11) is 0. The molecular weight excluding hydrogens is 210 g/mol. The number of rotatable bonds is 3. The number of carbonyl (C=O) groups excluding carboxylic acids is 1. The molecule has 0 spiro atoms. The third-order valence-electron chi connectivity index (χ3n) is 2.57. The van der Waals surface area contributed by atoms with E-state index in [1.165, 1.54) is 0 Å². The largest absolute Gasteiger partial charge is 0.343 e. The average molecular weight is 222 g/mol. The summed E-state index contributed by atoms with van der Waals surface area (Å²) in [6.45, 7) is 2.88. The Morgan fingerprint density at radius 3 is 2.93 bits per heavy atom. The lowest BCUT2D eigenvalue weighted by Crippen LogP contribution is -2.01. The van der Waals surface area contributed by atoms with Crippen LogP contribution in [0.25, 0.3) is 10.9 Å². The first kappa shape index (κ1) is 10.2. The third kappa shape index (κ3) is 1.65. The number of fused-ring (bicyclic) bond motifs is 1. The quantitative estimate of drug-likeness (QED) is 0.731. The summed E-state index contributed by atoms with van der Waals surface area (Å²) in [5.41, 5.74) is 2.05. The first-order valence-corrected chi connectivity index (χ1v) is 5.36. The van der Waals surface area contributed by atoms with Crippen LogP contribution in [0.4, 0.5) is 0 Å². The van der Waals surface area contributed by atoms with E-state index in [9.17, 15) is 4.79 Å². The first-order valence-electron chi connectivity index (χ1n) is 4.98. The highest BCUT2D eigenvalue weighted by Gasteiger charge is 2.09. The Morgan fingerprint density at radius 1 is 1.47 bits per heavy atom. The van der Waals surface area contributed by atoms with Gasteiger partial charge in [-0.3, -0.25) is 0 Å². The molecule has 0 aliphatic rings. The molecule has 3 heteroatoms. The second kappa shape index (κ2) is 4.07. The zero-order chi connectivity index (χ0) is 10.8. The topological polar surface area (TPSA) is 22.0 Å². The number of aromatic nitrogens is 1. The van der Waals surface area contributed by atoms with Crippen molar-refractivity contribution in [1.29, 1.82) is 0 Å². The molecule has 0 N–H and O–H groups in total. The minimum Gasteiger partial charge on any atom is -0.343 e. The number of hydrogen-bond donors (Lipinski definition) is 0. The van der Waals surface area contributed by atoms with Crippen LogP contribution in [-0.4, -0.2) is 10.9 Å². The number of hydrogen-bond acceptors (Lipinski definition) is 1. The highest BCUT2D eigenvalue weighted by Crippen LogP contribution is 2.27. The summed E-state index contributed by atoms with van der Waals surface area (Å²) < 4.78 is 2.09. The maximum absolute atomic E-state index is 10.6. The lowest BCUT2D eigenvalue weighted by Gasteiger charge is -2.06. The van der Waals surface area contributed by atoms with Crippen molar-refractivity contribution in [3.63, 3.8) is 0 Å². The molecule has 2 aromatic rings. The minimum absolute atomic E-state index is 0.443. The zero-order valence-electron chi connectivity index (χ0n) is 8.53. The summed E-state index contributed by atoms with van der Waals surface area (Å²) in [5, 5.41) is 1.84. The molecule has 0 saturated carbocycles. The molecule has 78 valence electrons. The van der Waals surface area contributed by atoms with Gasteiger partial charge in [0.2, 0.25) is 0 Å². The molecule has 0 radical (unpaired) electrons. The van der Waals surface area contributed by atoms with E-state index in [-0.39, 0.29) is 0 Å². The van der Waals surface area contributed by atoms with Gasteiger partial charge in [0, 0.05) is 24.0 Å². The summed E-state index contributed by atoms with van der Waals surface area (Å²) in [5.74, 6) is 0. The van der Waals surface area contributed by atoms with Gasteiger partial charge in [-0.05, 0) is 19.1 Å². The number of aldehydes is 1. The molecule has 0 aliphatic carbocycles. The van der Waals surface area contributed by atoms with E-state index in [0.29, 0.717) is 6.42 Å². The Morgan fingerprint density at radius 2 is 2.27 bits per heavy atom. The lowest BCUT2D eigenvalue weighted by atomic mass is 10.2. The number of carbonyl (C=O) groups is 1. The smallest absolute Gasteiger partial charge is 0.125 e. The van der Waals surface area contributed by atoms with E-state index in [1.54, 1.807) is 0 Å². The van der Waals surface area contributed by atoms with Gasteiger partial charge in [0.15, 0.2) is 0 Å². The predicted molar refractivity (Wildman–Crippen MR) is 62.4 cm³/mol. The van der Waals surface area contributed by atoms with Gasteiger partial charge in [-0.25, -0.2) is 0 Å². The predicted octanol–water partition coefficient (Wildman–Crippen LogP) is 3.06. The van der Waals surface area contributed by atoms with Gasteiger partial charge in [-0.1, -0.05) is 23.7 Å². The van der Waals surface area contributed by atoms with E-state index >= 15 is 0 Å². The fourth-order valence-electron chi connectivity index (χ4n) is 1.95. The molecule has 0 amide bonds. The van der Waals surface area contributed by atoms with Crippen molar-refractivity contribution in [2.75, 3.05) is 0 Å². The van der Waals surface area contributed by atoms with Crippen LogP contribution >= 0.6 is 11.6 Å². The highest BCUT2D eigenvalue weighted by molar-refractivity contribution is 6.35. The Hall–Kier alpha value is -1.28. The van der Waals surface area contributed by atoms with E-state index < -0.39 is 0 Å². The van der Waals surface area contributed by atoms with Gasteiger partial charge in [0.05, 0.1) is 10.5 Å². The van der Waals surface area contributed by atoms with Crippen LogP contribution in [0, 0.1) is 0 Å². The minimum atomic E-state index is 0.443. The SMILES string of the molecule is CCn1c(CC=O)cc2cccc(Cl)c21.